The van der Waals surface area contributed by atoms with Gasteiger partial charge in [-0.1, -0.05) is 12.5 Å². The molecule has 11 heavy (non-hydrogen) atoms. The van der Waals surface area contributed by atoms with Gasteiger partial charge in [-0.2, -0.15) is 0 Å². The molecule has 0 radical (unpaired) electrons. The van der Waals surface area contributed by atoms with Gasteiger partial charge in [-0.3, -0.25) is 4.90 Å². The SMILES string of the molecule is C=CC1CC2CCCC2N1C. The van der Waals surface area contributed by atoms with Gasteiger partial charge >= 0.3 is 0 Å². The van der Waals surface area contributed by atoms with Crippen molar-refractivity contribution in [3.63, 3.8) is 0 Å². The third-order valence-electron chi connectivity index (χ3n) is 3.48. The van der Waals surface area contributed by atoms with E-state index in [4.69, 9.17) is 0 Å². The average Bonchev–Trinajstić information content (AvgIpc) is 2.53. The standard InChI is InChI=1S/C10H17N/c1-3-9-7-8-5-4-6-10(8)11(9)2/h3,8-10H,1,4-7H2,2H3. The molecule has 1 heterocycles. The molecule has 1 nitrogen and oxygen atoms in total. The summed E-state index contributed by atoms with van der Waals surface area (Å²) in [6, 6.07) is 1.56. The zero-order valence-corrected chi connectivity index (χ0v) is 7.29. The molecule has 0 spiro atoms. The Labute approximate surface area is 69.1 Å². The average molecular weight is 151 g/mol. The van der Waals surface area contributed by atoms with Gasteiger partial charge < -0.3 is 0 Å². The van der Waals surface area contributed by atoms with Gasteiger partial charge in [0.1, 0.15) is 0 Å². The van der Waals surface area contributed by atoms with Gasteiger partial charge in [0.05, 0.1) is 0 Å². The second-order valence-electron chi connectivity index (χ2n) is 3.96. The Balaban J connectivity index is 2.09. The van der Waals surface area contributed by atoms with Crippen molar-refractivity contribution < 1.29 is 0 Å². The van der Waals surface area contributed by atoms with Crippen LogP contribution in [0.4, 0.5) is 0 Å². The maximum absolute atomic E-state index is 3.88. The maximum atomic E-state index is 3.88. The van der Waals surface area contributed by atoms with E-state index in [0.29, 0.717) is 6.04 Å². The normalized spacial score (nSPS) is 44.3. The van der Waals surface area contributed by atoms with Gasteiger partial charge in [-0.25, -0.2) is 0 Å². The number of nitrogens with zero attached hydrogens (tertiary/aromatic N) is 1. The van der Waals surface area contributed by atoms with Crippen LogP contribution in [-0.4, -0.2) is 24.0 Å². The fraction of sp³-hybridized carbons (Fsp3) is 0.800. The van der Waals surface area contributed by atoms with Crippen LogP contribution in [0.15, 0.2) is 12.7 Å². The van der Waals surface area contributed by atoms with Crippen LogP contribution in [0.2, 0.25) is 0 Å². The summed E-state index contributed by atoms with van der Waals surface area (Å²) in [5.41, 5.74) is 0. The number of rotatable bonds is 1. The summed E-state index contributed by atoms with van der Waals surface area (Å²) < 4.78 is 0. The molecule has 3 unspecified atom stereocenters. The van der Waals surface area contributed by atoms with E-state index in [0.717, 1.165) is 12.0 Å². The summed E-state index contributed by atoms with van der Waals surface area (Å²) in [4.78, 5) is 2.52. The zero-order valence-electron chi connectivity index (χ0n) is 7.29. The molecule has 3 atom stereocenters. The van der Waals surface area contributed by atoms with Gasteiger partial charge in [0.2, 0.25) is 0 Å². The minimum Gasteiger partial charge on any atom is -0.297 e. The van der Waals surface area contributed by atoms with E-state index in [1.165, 1.54) is 25.7 Å². The van der Waals surface area contributed by atoms with Crippen molar-refractivity contribution in [2.75, 3.05) is 7.05 Å². The highest BCUT2D eigenvalue weighted by atomic mass is 15.2. The van der Waals surface area contributed by atoms with Crippen molar-refractivity contribution >= 4 is 0 Å². The summed E-state index contributed by atoms with van der Waals surface area (Å²) in [7, 11) is 2.25. The Morgan fingerprint density at radius 1 is 1.45 bits per heavy atom. The fourth-order valence-corrected chi connectivity index (χ4v) is 2.81. The lowest BCUT2D eigenvalue weighted by Gasteiger charge is -2.21. The largest absolute Gasteiger partial charge is 0.297 e. The predicted molar refractivity (Wildman–Crippen MR) is 47.5 cm³/mol. The Morgan fingerprint density at radius 3 is 2.91 bits per heavy atom. The first-order valence-corrected chi connectivity index (χ1v) is 4.67. The van der Waals surface area contributed by atoms with Crippen LogP contribution in [0.3, 0.4) is 0 Å². The Morgan fingerprint density at radius 2 is 2.27 bits per heavy atom. The maximum Gasteiger partial charge on any atom is 0.0278 e. The third-order valence-corrected chi connectivity index (χ3v) is 3.48. The molecule has 2 fully saturated rings. The van der Waals surface area contributed by atoms with Crippen LogP contribution in [0.5, 0.6) is 0 Å². The van der Waals surface area contributed by atoms with Crippen LogP contribution in [0.25, 0.3) is 0 Å². The van der Waals surface area contributed by atoms with Crippen LogP contribution in [-0.2, 0) is 0 Å². The van der Waals surface area contributed by atoms with Crippen LogP contribution < -0.4 is 0 Å². The molecule has 62 valence electrons. The first-order chi connectivity index (χ1) is 5.33. The van der Waals surface area contributed by atoms with E-state index in [1.807, 2.05) is 0 Å². The Hall–Kier alpha value is -0.300. The molecule has 1 heteroatoms. The van der Waals surface area contributed by atoms with Gasteiger partial charge in [0.25, 0.3) is 0 Å². The van der Waals surface area contributed by atoms with Crippen molar-refractivity contribution in [1.82, 2.24) is 4.90 Å². The lowest BCUT2D eigenvalue weighted by molar-refractivity contribution is 0.261. The van der Waals surface area contributed by atoms with Crippen molar-refractivity contribution in [2.45, 2.75) is 37.8 Å². The van der Waals surface area contributed by atoms with Crippen molar-refractivity contribution in [2.24, 2.45) is 5.92 Å². The minimum absolute atomic E-state index is 0.672. The summed E-state index contributed by atoms with van der Waals surface area (Å²) in [6.45, 7) is 3.88. The first-order valence-electron chi connectivity index (χ1n) is 4.67. The quantitative estimate of drug-likeness (QED) is 0.518. The summed E-state index contributed by atoms with van der Waals surface area (Å²) in [6.07, 6.45) is 7.80. The monoisotopic (exact) mass is 151 g/mol. The van der Waals surface area contributed by atoms with E-state index < -0.39 is 0 Å². The highest BCUT2D eigenvalue weighted by Gasteiger charge is 2.39. The molecule has 0 aromatic heterocycles. The molecular weight excluding hydrogens is 134 g/mol. The van der Waals surface area contributed by atoms with Crippen molar-refractivity contribution in [3.8, 4) is 0 Å². The van der Waals surface area contributed by atoms with Gasteiger partial charge in [0.15, 0.2) is 0 Å². The zero-order chi connectivity index (χ0) is 7.84. The van der Waals surface area contributed by atoms with Crippen LogP contribution in [0.1, 0.15) is 25.7 Å². The molecule has 0 aromatic carbocycles. The molecular formula is C10H17N. The molecule has 1 saturated heterocycles. The second kappa shape index (κ2) is 2.63. The lowest BCUT2D eigenvalue weighted by atomic mass is 10.0. The van der Waals surface area contributed by atoms with E-state index in [1.54, 1.807) is 0 Å². The molecule has 0 amide bonds. The number of likely N-dealkylation sites (tertiary alicyclic amines) is 1. The topological polar surface area (TPSA) is 3.24 Å². The first kappa shape index (κ1) is 7.35. The van der Waals surface area contributed by atoms with Gasteiger partial charge in [-0.05, 0) is 32.2 Å². The van der Waals surface area contributed by atoms with Gasteiger partial charge in [0, 0.05) is 12.1 Å². The summed E-state index contributed by atoms with van der Waals surface area (Å²) in [5, 5.41) is 0. The molecule has 1 saturated carbocycles. The van der Waals surface area contributed by atoms with E-state index in [2.05, 4.69) is 24.6 Å². The Kier molecular flexibility index (Phi) is 1.76. The number of fused-ring (bicyclic) bond motifs is 1. The molecule has 1 aliphatic heterocycles. The van der Waals surface area contributed by atoms with E-state index in [9.17, 15) is 0 Å². The van der Waals surface area contributed by atoms with Crippen molar-refractivity contribution in [3.05, 3.63) is 12.7 Å². The molecule has 1 aliphatic carbocycles. The summed E-state index contributed by atoms with van der Waals surface area (Å²) in [5.74, 6) is 0.989. The molecule has 2 rings (SSSR count). The smallest absolute Gasteiger partial charge is 0.0278 e. The molecule has 2 aliphatic rings. The van der Waals surface area contributed by atoms with Crippen LogP contribution >= 0.6 is 0 Å². The Bertz CT molecular complexity index is 164. The molecule has 0 aromatic rings. The van der Waals surface area contributed by atoms with Crippen LogP contribution in [0, 0.1) is 5.92 Å². The predicted octanol–water partition coefficient (Wildman–Crippen LogP) is 2.05. The van der Waals surface area contributed by atoms with Crippen molar-refractivity contribution in [1.29, 1.82) is 0 Å². The van der Waals surface area contributed by atoms with E-state index in [-0.39, 0.29) is 0 Å². The summed E-state index contributed by atoms with van der Waals surface area (Å²) >= 11 is 0. The second-order valence-corrected chi connectivity index (χ2v) is 3.96. The number of hydrogen-bond donors (Lipinski definition) is 0. The molecule has 0 N–H and O–H groups in total. The van der Waals surface area contributed by atoms with E-state index >= 15 is 0 Å². The lowest BCUT2D eigenvalue weighted by Crippen LogP contribution is -2.30. The number of likely N-dealkylation sites (N-methyl/N-ethyl adjacent to an activating group) is 1. The van der Waals surface area contributed by atoms with Gasteiger partial charge in [-0.15, -0.1) is 6.58 Å². The minimum atomic E-state index is 0.672. The fourth-order valence-electron chi connectivity index (χ4n) is 2.81. The highest BCUT2D eigenvalue weighted by molar-refractivity contribution is 5.01. The third kappa shape index (κ3) is 1.02. The molecule has 0 bridgehead atoms. The highest BCUT2D eigenvalue weighted by Crippen LogP contribution is 2.40. The number of hydrogen-bond acceptors (Lipinski definition) is 1.